The van der Waals surface area contributed by atoms with Gasteiger partial charge in [-0.2, -0.15) is 0 Å². The fourth-order valence-corrected chi connectivity index (χ4v) is 0.853. The van der Waals surface area contributed by atoms with E-state index in [1.165, 1.54) is 0 Å². The predicted molar refractivity (Wildman–Crippen MR) is 54.4 cm³/mol. The van der Waals surface area contributed by atoms with E-state index in [0.717, 1.165) is 0 Å². The molecular weight excluding hydrogens is 234 g/mol. The highest BCUT2D eigenvalue weighted by Crippen LogP contribution is 2.07. The lowest BCUT2D eigenvalue weighted by atomic mass is 10.1. The van der Waals surface area contributed by atoms with Gasteiger partial charge in [0.1, 0.15) is 5.60 Å². The number of carbonyl (C=O) groups is 3. The quantitative estimate of drug-likeness (QED) is 0.523. The second kappa shape index (κ2) is 5.48. The Hall–Kier alpha value is -1.83. The van der Waals surface area contributed by atoms with Crippen molar-refractivity contribution in [2.45, 2.75) is 38.5 Å². The van der Waals surface area contributed by atoms with E-state index in [0.29, 0.717) is 0 Å². The third-order valence-corrected chi connectivity index (χ3v) is 1.51. The van der Waals surface area contributed by atoms with Crippen molar-refractivity contribution in [2.75, 3.05) is 0 Å². The van der Waals surface area contributed by atoms with E-state index in [4.69, 9.17) is 20.1 Å². The van der Waals surface area contributed by atoms with Gasteiger partial charge in [-0.15, -0.1) is 0 Å². The van der Waals surface area contributed by atoms with Gasteiger partial charge >= 0.3 is 18.0 Å². The molecule has 4 N–H and O–H groups in total. The predicted octanol–water partition coefficient (Wildman–Crippen LogP) is -0.590. The van der Waals surface area contributed by atoms with Crippen LogP contribution in [0.4, 0.5) is 4.79 Å². The lowest BCUT2D eigenvalue weighted by Gasteiger charge is -2.22. The number of amides is 1. The van der Waals surface area contributed by atoms with Crippen molar-refractivity contribution in [1.29, 1.82) is 0 Å². The number of aliphatic carboxylic acids is 2. The molecule has 8 nitrogen and oxygen atoms in total. The van der Waals surface area contributed by atoms with E-state index >= 15 is 0 Å². The van der Waals surface area contributed by atoms with E-state index < -0.39 is 35.8 Å². The Kier molecular flexibility index (Phi) is 4.89. The van der Waals surface area contributed by atoms with Crippen molar-refractivity contribution in [3.05, 3.63) is 0 Å². The van der Waals surface area contributed by atoms with Crippen LogP contribution in [-0.2, 0) is 14.3 Å². The second-order valence-electron chi connectivity index (χ2n) is 4.25. The molecule has 0 aromatic carbocycles. The Morgan fingerprint density at radius 2 is 1.59 bits per heavy atom. The minimum Gasteiger partial charge on any atom is -0.480 e. The largest absolute Gasteiger partial charge is 0.480 e. The first kappa shape index (κ1) is 15.2. The number of ether oxygens (including phenoxy) is 1. The van der Waals surface area contributed by atoms with Gasteiger partial charge < -0.3 is 25.4 Å². The molecule has 0 saturated carbocycles. The highest BCUT2D eigenvalue weighted by molar-refractivity contribution is 5.87. The second-order valence-corrected chi connectivity index (χ2v) is 4.25. The van der Waals surface area contributed by atoms with E-state index in [1.807, 2.05) is 0 Å². The van der Waals surface area contributed by atoms with Crippen LogP contribution in [0.3, 0.4) is 0 Å². The highest BCUT2D eigenvalue weighted by Gasteiger charge is 2.34. The van der Waals surface area contributed by atoms with Crippen LogP contribution in [-0.4, -0.2) is 51.1 Å². The smallest absolute Gasteiger partial charge is 0.408 e. The molecule has 0 aliphatic carbocycles. The van der Waals surface area contributed by atoms with Crippen LogP contribution in [0, 0.1) is 0 Å². The fourth-order valence-electron chi connectivity index (χ4n) is 0.853. The fraction of sp³-hybridized carbons (Fsp3) is 0.667. The lowest BCUT2D eigenvalue weighted by molar-refractivity contribution is -0.156. The van der Waals surface area contributed by atoms with Crippen LogP contribution >= 0.6 is 0 Å². The van der Waals surface area contributed by atoms with Crippen molar-refractivity contribution in [2.24, 2.45) is 0 Å². The Bertz CT molecular complexity index is 320. The number of alkyl carbamates (subject to hydrolysis) is 1. The van der Waals surface area contributed by atoms with Gasteiger partial charge in [-0.1, -0.05) is 0 Å². The normalized spacial score (nSPS) is 14.6. The van der Waals surface area contributed by atoms with Crippen LogP contribution in [0.15, 0.2) is 0 Å². The molecule has 0 radical (unpaired) electrons. The van der Waals surface area contributed by atoms with Gasteiger partial charge in [0.15, 0.2) is 12.1 Å². The molecule has 2 atom stereocenters. The number of aliphatic hydroxyl groups is 1. The zero-order chi connectivity index (χ0) is 13.8. The average molecular weight is 249 g/mol. The molecule has 0 aromatic rings. The van der Waals surface area contributed by atoms with Gasteiger partial charge in [0.05, 0.1) is 0 Å². The van der Waals surface area contributed by atoms with Crippen molar-refractivity contribution >= 4 is 18.0 Å². The molecule has 17 heavy (non-hydrogen) atoms. The molecule has 0 bridgehead atoms. The first-order chi connectivity index (χ1) is 7.54. The third-order valence-electron chi connectivity index (χ3n) is 1.51. The maximum Gasteiger partial charge on any atom is 0.408 e. The topological polar surface area (TPSA) is 133 Å². The molecule has 0 aliphatic heterocycles. The molecule has 0 aliphatic rings. The van der Waals surface area contributed by atoms with Gasteiger partial charge in [0.2, 0.25) is 0 Å². The van der Waals surface area contributed by atoms with Gasteiger partial charge in [-0.3, -0.25) is 0 Å². The van der Waals surface area contributed by atoms with Crippen LogP contribution < -0.4 is 5.32 Å². The van der Waals surface area contributed by atoms with Crippen LogP contribution in [0.5, 0.6) is 0 Å². The molecule has 0 spiro atoms. The molecule has 1 amide bonds. The van der Waals surface area contributed by atoms with Crippen molar-refractivity contribution < 1.29 is 34.4 Å². The summed E-state index contributed by atoms with van der Waals surface area (Å²) in [6.07, 6.45) is -3.37. The van der Waals surface area contributed by atoms with Crippen molar-refractivity contribution in [1.82, 2.24) is 5.32 Å². The number of rotatable bonds is 4. The van der Waals surface area contributed by atoms with E-state index in [-0.39, 0.29) is 0 Å². The summed E-state index contributed by atoms with van der Waals surface area (Å²) < 4.78 is 4.73. The number of hydrogen-bond acceptors (Lipinski definition) is 5. The Balaban J connectivity index is 4.62. The summed E-state index contributed by atoms with van der Waals surface area (Å²) in [5.41, 5.74) is -0.860. The summed E-state index contributed by atoms with van der Waals surface area (Å²) in [6, 6.07) is -1.97. The Labute approximate surface area is 97.2 Å². The van der Waals surface area contributed by atoms with Gasteiger partial charge in [0, 0.05) is 0 Å². The molecule has 0 unspecified atom stereocenters. The van der Waals surface area contributed by atoms with Crippen LogP contribution in [0.25, 0.3) is 0 Å². The number of carboxylic acid groups (broad SMARTS) is 2. The monoisotopic (exact) mass is 249 g/mol. The molecular formula is C9H15NO7. The van der Waals surface area contributed by atoms with Crippen LogP contribution in [0.1, 0.15) is 20.8 Å². The zero-order valence-electron chi connectivity index (χ0n) is 9.63. The summed E-state index contributed by atoms with van der Waals surface area (Å²) in [5.74, 6) is -3.43. The SMILES string of the molecule is CC(C)(C)OC(=O)N[C@H](C(=O)O)[C@@H](O)C(=O)O. The average Bonchev–Trinajstić information content (AvgIpc) is 2.09. The van der Waals surface area contributed by atoms with Gasteiger partial charge in [0.25, 0.3) is 0 Å². The number of nitrogens with one attached hydrogen (secondary N) is 1. The number of hydrogen-bond donors (Lipinski definition) is 4. The summed E-state index contributed by atoms with van der Waals surface area (Å²) in [6.45, 7) is 4.65. The van der Waals surface area contributed by atoms with Crippen molar-refractivity contribution in [3.63, 3.8) is 0 Å². The third kappa shape index (κ3) is 5.71. The van der Waals surface area contributed by atoms with E-state index in [9.17, 15) is 14.4 Å². The maximum atomic E-state index is 11.2. The first-order valence-corrected chi connectivity index (χ1v) is 4.68. The Morgan fingerprint density at radius 1 is 1.12 bits per heavy atom. The Morgan fingerprint density at radius 3 is 1.88 bits per heavy atom. The number of aliphatic hydroxyl groups excluding tert-OH is 1. The standard InChI is InChI=1S/C9H15NO7/c1-9(2,3)17-8(16)10-4(6(12)13)5(11)7(14)15/h4-5,11H,1-3H3,(H,10,16)(H,12,13)(H,14,15)/t4-,5+/m0/s1. The molecule has 98 valence electrons. The minimum atomic E-state index is -2.25. The first-order valence-electron chi connectivity index (χ1n) is 4.68. The molecule has 8 heteroatoms. The number of carbonyl (C=O) groups excluding carboxylic acids is 1. The summed E-state index contributed by atoms with van der Waals surface area (Å²) >= 11 is 0. The molecule has 0 fully saturated rings. The van der Waals surface area contributed by atoms with Crippen molar-refractivity contribution in [3.8, 4) is 0 Å². The molecule has 0 aromatic heterocycles. The van der Waals surface area contributed by atoms with Gasteiger partial charge in [-0.05, 0) is 20.8 Å². The lowest BCUT2D eigenvalue weighted by Crippen LogP contribution is -2.52. The summed E-state index contributed by atoms with van der Waals surface area (Å²) in [4.78, 5) is 32.3. The zero-order valence-corrected chi connectivity index (χ0v) is 9.63. The van der Waals surface area contributed by atoms with Crippen LogP contribution in [0.2, 0.25) is 0 Å². The van der Waals surface area contributed by atoms with E-state index in [2.05, 4.69) is 0 Å². The number of carboxylic acids is 2. The minimum absolute atomic E-state index is 0.860. The maximum absolute atomic E-state index is 11.2. The highest BCUT2D eigenvalue weighted by atomic mass is 16.6. The van der Waals surface area contributed by atoms with Gasteiger partial charge in [-0.25, -0.2) is 14.4 Å². The molecule has 0 saturated heterocycles. The van der Waals surface area contributed by atoms with E-state index in [1.54, 1.807) is 26.1 Å². The molecule has 0 rings (SSSR count). The molecule has 0 heterocycles. The summed E-state index contributed by atoms with van der Waals surface area (Å²) in [5, 5.41) is 27.9. The summed E-state index contributed by atoms with van der Waals surface area (Å²) in [7, 11) is 0.